The van der Waals surface area contributed by atoms with Crippen LogP contribution in [0.2, 0.25) is 0 Å². The molecule has 1 N–H and O–H groups in total. The summed E-state index contributed by atoms with van der Waals surface area (Å²) in [5, 5.41) is 3.33. The number of pyridine rings is 1. The average Bonchev–Trinajstić information content (AvgIpc) is 2.38. The normalized spacial score (nSPS) is 24.1. The lowest BCUT2D eigenvalue weighted by Crippen LogP contribution is -2.28. The summed E-state index contributed by atoms with van der Waals surface area (Å²) >= 11 is 0. The molecule has 1 saturated carbocycles. The fourth-order valence-corrected chi connectivity index (χ4v) is 3.57. The predicted octanol–water partition coefficient (Wildman–Crippen LogP) is 2.87. The molecule has 1 aliphatic rings. The Morgan fingerprint density at radius 2 is 2.21 bits per heavy atom. The van der Waals surface area contributed by atoms with Crippen molar-refractivity contribution in [1.82, 2.24) is 4.98 Å². The minimum absolute atomic E-state index is 0.300. The number of hydrogen-bond acceptors (Lipinski definition) is 4. The molecule has 1 heterocycles. The van der Waals surface area contributed by atoms with Gasteiger partial charge in [-0.25, -0.2) is 13.4 Å². The Labute approximate surface area is 115 Å². The van der Waals surface area contributed by atoms with Crippen molar-refractivity contribution in [3.63, 3.8) is 0 Å². The van der Waals surface area contributed by atoms with E-state index >= 15 is 0 Å². The summed E-state index contributed by atoms with van der Waals surface area (Å²) in [6, 6.07) is 3.62. The summed E-state index contributed by atoms with van der Waals surface area (Å²) in [5.41, 5.74) is 0. The number of anilines is 1. The summed E-state index contributed by atoms with van der Waals surface area (Å²) in [6.07, 6.45) is 8.75. The molecule has 2 unspecified atom stereocenters. The maximum Gasteiger partial charge on any atom is 0.179 e. The Morgan fingerprint density at radius 3 is 2.89 bits per heavy atom. The first-order valence-corrected chi connectivity index (χ1v) is 8.81. The highest BCUT2D eigenvalue weighted by Gasteiger charge is 2.23. The molecule has 1 aromatic heterocycles. The van der Waals surface area contributed by atoms with Crippen LogP contribution in [0.15, 0.2) is 23.2 Å². The molecule has 1 fully saturated rings. The van der Waals surface area contributed by atoms with Crippen LogP contribution in [-0.4, -0.2) is 25.7 Å². The van der Waals surface area contributed by atoms with Gasteiger partial charge in [-0.3, -0.25) is 0 Å². The molecule has 1 aliphatic carbocycles. The quantitative estimate of drug-likeness (QED) is 0.922. The SMILES string of the molecule is CCC1CCCC(Nc2ncccc2S(C)(=O)=O)C1. The van der Waals surface area contributed by atoms with Crippen LogP contribution in [0.3, 0.4) is 0 Å². The van der Waals surface area contributed by atoms with Crippen LogP contribution in [0.5, 0.6) is 0 Å². The van der Waals surface area contributed by atoms with Gasteiger partial charge in [0.1, 0.15) is 10.7 Å². The van der Waals surface area contributed by atoms with E-state index in [9.17, 15) is 8.42 Å². The Hall–Kier alpha value is -1.10. The third kappa shape index (κ3) is 3.69. The van der Waals surface area contributed by atoms with Crippen molar-refractivity contribution in [2.45, 2.75) is 50.0 Å². The second kappa shape index (κ2) is 5.90. The van der Waals surface area contributed by atoms with Crippen molar-refractivity contribution in [2.75, 3.05) is 11.6 Å². The van der Waals surface area contributed by atoms with Crippen molar-refractivity contribution < 1.29 is 8.42 Å². The lowest BCUT2D eigenvalue weighted by atomic mass is 9.84. The molecule has 0 amide bonds. The minimum Gasteiger partial charge on any atom is -0.366 e. The van der Waals surface area contributed by atoms with Crippen molar-refractivity contribution in [2.24, 2.45) is 5.92 Å². The molecule has 0 aromatic carbocycles. The zero-order valence-corrected chi connectivity index (χ0v) is 12.4. The van der Waals surface area contributed by atoms with Crippen LogP contribution in [0.25, 0.3) is 0 Å². The van der Waals surface area contributed by atoms with Crippen LogP contribution in [0.1, 0.15) is 39.0 Å². The van der Waals surface area contributed by atoms with Crippen LogP contribution in [0.4, 0.5) is 5.82 Å². The van der Waals surface area contributed by atoms with Crippen molar-refractivity contribution in [1.29, 1.82) is 0 Å². The Balaban J connectivity index is 2.15. The highest BCUT2D eigenvalue weighted by atomic mass is 32.2. The molecule has 0 spiro atoms. The summed E-state index contributed by atoms with van der Waals surface area (Å²) < 4.78 is 23.5. The van der Waals surface area contributed by atoms with Crippen molar-refractivity contribution in [3.05, 3.63) is 18.3 Å². The van der Waals surface area contributed by atoms with Gasteiger partial charge >= 0.3 is 0 Å². The number of rotatable bonds is 4. The van der Waals surface area contributed by atoms with E-state index in [2.05, 4.69) is 17.2 Å². The van der Waals surface area contributed by atoms with E-state index in [-0.39, 0.29) is 0 Å². The Bertz CT molecular complexity index is 528. The van der Waals surface area contributed by atoms with Gasteiger partial charge in [0.05, 0.1) is 0 Å². The predicted molar refractivity (Wildman–Crippen MR) is 77.0 cm³/mol. The van der Waals surface area contributed by atoms with Gasteiger partial charge in [-0.2, -0.15) is 0 Å². The van der Waals surface area contributed by atoms with E-state index in [4.69, 9.17) is 0 Å². The second-order valence-corrected chi connectivity index (χ2v) is 7.39. The first-order chi connectivity index (χ1) is 9.00. The first kappa shape index (κ1) is 14.3. The maximum absolute atomic E-state index is 11.7. The second-order valence-electron chi connectivity index (χ2n) is 5.40. The number of nitrogens with zero attached hydrogens (tertiary/aromatic N) is 1. The molecule has 106 valence electrons. The molecular formula is C14H22N2O2S. The van der Waals surface area contributed by atoms with Crippen LogP contribution in [0, 0.1) is 5.92 Å². The van der Waals surface area contributed by atoms with E-state index in [0.29, 0.717) is 16.8 Å². The van der Waals surface area contributed by atoms with Gasteiger partial charge in [-0.1, -0.05) is 26.2 Å². The molecule has 19 heavy (non-hydrogen) atoms. The maximum atomic E-state index is 11.7. The lowest BCUT2D eigenvalue weighted by Gasteiger charge is -2.29. The van der Waals surface area contributed by atoms with Gasteiger partial charge in [0.15, 0.2) is 9.84 Å². The van der Waals surface area contributed by atoms with Crippen molar-refractivity contribution >= 4 is 15.7 Å². The van der Waals surface area contributed by atoms with Gasteiger partial charge in [0.25, 0.3) is 0 Å². The van der Waals surface area contributed by atoms with E-state index in [1.807, 2.05) is 0 Å². The van der Waals surface area contributed by atoms with E-state index < -0.39 is 9.84 Å². The summed E-state index contributed by atoms with van der Waals surface area (Å²) in [5.74, 6) is 1.25. The molecule has 4 nitrogen and oxygen atoms in total. The summed E-state index contributed by atoms with van der Waals surface area (Å²) in [4.78, 5) is 4.50. The average molecular weight is 282 g/mol. The molecule has 2 atom stereocenters. The summed E-state index contributed by atoms with van der Waals surface area (Å²) in [6.45, 7) is 2.22. The van der Waals surface area contributed by atoms with Gasteiger partial charge in [-0.15, -0.1) is 0 Å². The monoisotopic (exact) mass is 282 g/mol. The molecule has 2 rings (SSSR count). The number of aromatic nitrogens is 1. The standard InChI is InChI=1S/C14H22N2O2S/c1-3-11-6-4-7-12(10-11)16-14-13(19(2,17)18)8-5-9-15-14/h5,8-9,11-12H,3-4,6-7,10H2,1-2H3,(H,15,16). The fraction of sp³-hybridized carbons (Fsp3) is 0.643. The minimum atomic E-state index is -3.23. The number of nitrogens with one attached hydrogen (secondary N) is 1. The lowest BCUT2D eigenvalue weighted by molar-refractivity contribution is 0.327. The van der Waals surface area contributed by atoms with Gasteiger partial charge in [-0.05, 0) is 30.9 Å². The third-order valence-electron chi connectivity index (χ3n) is 3.87. The zero-order valence-electron chi connectivity index (χ0n) is 11.6. The largest absolute Gasteiger partial charge is 0.366 e. The zero-order chi connectivity index (χ0) is 13.9. The third-order valence-corrected chi connectivity index (χ3v) is 5.00. The van der Waals surface area contributed by atoms with Crippen molar-refractivity contribution in [3.8, 4) is 0 Å². The molecule has 5 heteroatoms. The van der Waals surface area contributed by atoms with E-state index in [0.717, 1.165) is 18.8 Å². The highest BCUT2D eigenvalue weighted by molar-refractivity contribution is 7.90. The fourth-order valence-electron chi connectivity index (χ4n) is 2.78. The smallest absolute Gasteiger partial charge is 0.179 e. The van der Waals surface area contributed by atoms with Crippen LogP contribution in [-0.2, 0) is 9.84 Å². The molecular weight excluding hydrogens is 260 g/mol. The molecule has 0 aliphatic heterocycles. The van der Waals surface area contributed by atoms with Crippen LogP contribution < -0.4 is 5.32 Å². The van der Waals surface area contributed by atoms with E-state index in [1.54, 1.807) is 18.3 Å². The van der Waals surface area contributed by atoms with Gasteiger partial charge < -0.3 is 5.32 Å². The Morgan fingerprint density at radius 1 is 1.42 bits per heavy atom. The Kier molecular flexibility index (Phi) is 4.45. The first-order valence-electron chi connectivity index (χ1n) is 6.92. The molecule has 0 bridgehead atoms. The highest BCUT2D eigenvalue weighted by Crippen LogP contribution is 2.29. The molecule has 0 radical (unpaired) electrons. The molecule has 0 saturated heterocycles. The number of sulfone groups is 1. The van der Waals surface area contributed by atoms with Crippen LogP contribution >= 0.6 is 0 Å². The van der Waals surface area contributed by atoms with Gasteiger partial charge in [0, 0.05) is 18.5 Å². The topological polar surface area (TPSA) is 59.1 Å². The van der Waals surface area contributed by atoms with E-state index in [1.165, 1.54) is 25.5 Å². The molecule has 1 aromatic rings. The van der Waals surface area contributed by atoms with Gasteiger partial charge in [0.2, 0.25) is 0 Å². The number of hydrogen-bond donors (Lipinski definition) is 1. The summed E-state index contributed by atoms with van der Waals surface area (Å²) in [7, 11) is -3.23.